The molecule has 4 heteroatoms. The number of ketones is 1. The van der Waals surface area contributed by atoms with E-state index in [0.29, 0.717) is 13.0 Å². The van der Waals surface area contributed by atoms with Crippen molar-refractivity contribution >= 4 is 17.2 Å². The van der Waals surface area contributed by atoms with E-state index in [1.54, 1.807) is 0 Å². The van der Waals surface area contributed by atoms with Crippen molar-refractivity contribution in [3.05, 3.63) is 101 Å². The first-order valence-electron chi connectivity index (χ1n) is 12.4. The molecule has 1 heterocycles. The van der Waals surface area contributed by atoms with E-state index in [-0.39, 0.29) is 17.7 Å². The van der Waals surface area contributed by atoms with Gasteiger partial charge >= 0.3 is 0 Å². The van der Waals surface area contributed by atoms with E-state index in [1.807, 2.05) is 30.3 Å². The molecule has 2 N–H and O–H groups in total. The smallest absolute Gasteiger partial charge is 0.163 e. The lowest BCUT2D eigenvalue weighted by molar-refractivity contribution is -0.116. The number of allylic oxidation sites excluding steroid dienone is 1. The summed E-state index contributed by atoms with van der Waals surface area (Å²) >= 11 is 0. The Morgan fingerprint density at radius 2 is 1.62 bits per heavy atom. The van der Waals surface area contributed by atoms with Crippen molar-refractivity contribution in [2.45, 2.75) is 51.5 Å². The van der Waals surface area contributed by atoms with Crippen molar-refractivity contribution in [1.29, 1.82) is 0 Å². The number of anilines is 2. The number of ether oxygens (including phenoxy) is 1. The molecule has 0 saturated heterocycles. The number of aryl methyl sites for hydroxylation is 1. The summed E-state index contributed by atoms with van der Waals surface area (Å²) in [5, 5.41) is 7.30. The van der Waals surface area contributed by atoms with Crippen molar-refractivity contribution in [3.63, 3.8) is 0 Å². The molecule has 0 saturated carbocycles. The molecule has 0 fully saturated rings. The first-order chi connectivity index (χ1) is 16.7. The summed E-state index contributed by atoms with van der Waals surface area (Å²) in [4.78, 5) is 13.8. The van der Waals surface area contributed by atoms with Crippen LogP contribution in [0.3, 0.4) is 0 Å². The fourth-order valence-electron chi connectivity index (χ4n) is 5.05. The molecular formula is C30H32N2O2. The Morgan fingerprint density at radius 3 is 2.38 bits per heavy atom. The molecule has 2 atom stereocenters. The number of Topliss-reactive ketones (excluding diaryl/α,β-unsaturated/α-hetero) is 1. The Kier molecular flexibility index (Phi) is 6.39. The summed E-state index contributed by atoms with van der Waals surface area (Å²) in [6, 6.07) is 24.8. The second-order valence-corrected chi connectivity index (χ2v) is 9.15. The lowest BCUT2D eigenvalue weighted by Gasteiger charge is -2.30. The maximum atomic E-state index is 13.8. The molecule has 1 aliphatic carbocycles. The average Bonchev–Trinajstić information content (AvgIpc) is 3.04. The number of carbonyl (C=O) groups excluding carboxylic acids is 1. The maximum absolute atomic E-state index is 13.8. The van der Waals surface area contributed by atoms with Gasteiger partial charge in [-0.25, -0.2) is 0 Å². The second-order valence-electron chi connectivity index (χ2n) is 9.15. The molecule has 4 nitrogen and oxygen atoms in total. The summed E-state index contributed by atoms with van der Waals surface area (Å²) < 4.78 is 6.10. The summed E-state index contributed by atoms with van der Waals surface area (Å²) in [5.41, 5.74) is 7.37. The molecule has 1 aliphatic heterocycles. The van der Waals surface area contributed by atoms with Crippen molar-refractivity contribution < 1.29 is 9.53 Å². The zero-order valence-electron chi connectivity index (χ0n) is 19.9. The molecule has 0 radical (unpaired) electrons. The van der Waals surface area contributed by atoms with E-state index in [9.17, 15) is 4.79 Å². The van der Waals surface area contributed by atoms with Crippen LogP contribution in [0.5, 0.6) is 5.75 Å². The standard InChI is InChI=1S/C30H32N2O2/c1-3-17-34-28-12-8-5-9-23(28)30-29-26(31-24-10-6-7-11-25(24)32-30)18-22(19-27(29)33)21-15-13-20(4-2)14-16-21/h5-16,22,30-32H,3-4,17-19H2,1-2H3. The van der Waals surface area contributed by atoms with Gasteiger partial charge in [0.2, 0.25) is 0 Å². The summed E-state index contributed by atoms with van der Waals surface area (Å²) in [6.45, 7) is 4.91. The molecule has 0 spiro atoms. The molecule has 174 valence electrons. The van der Waals surface area contributed by atoms with Crippen molar-refractivity contribution in [3.8, 4) is 5.75 Å². The number of para-hydroxylation sites is 3. The van der Waals surface area contributed by atoms with Gasteiger partial charge in [0.1, 0.15) is 5.75 Å². The lowest BCUT2D eigenvalue weighted by Crippen LogP contribution is -2.27. The molecule has 3 aromatic carbocycles. The maximum Gasteiger partial charge on any atom is 0.163 e. The fourth-order valence-corrected chi connectivity index (χ4v) is 5.05. The molecule has 5 rings (SSSR count). The molecule has 0 bridgehead atoms. The molecule has 34 heavy (non-hydrogen) atoms. The van der Waals surface area contributed by atoms with E-state index in [1.165, 1.54) is 11.1 Å². The Morgan fingerprint density at radius 1 is 0.882 bits per heavy atom. The van der Waals surface area contributed by atoms with E-state index in [4.69, 9.17) is 4.74 Å². The Bertz CT molecular complexity index is 1210. The molecule has 3 aromatic rings. The van der Waals surface area contributed by atoms with Gasteiger partial charge in [-0.05, 0) is 54.5 Å². The summed E-state index contributed by atoms with van der Waals surface area (Å²) in [6.07, 6.45) is 3.27. The third-order valence-corrected chi connectivity index (χ3v) is 6.86. The van der Waals surface area contributed by atoms with Gasteiger partial charge in [0.15, 0.2) is 5.78 Å². The van der Waals surface area contributed by atoms with Crippen LogP contribution in [0, 0.1) is 0 Å². The van der Waals surface area contributed by atoms with Gasteiger partial charge < -0.3 is 15.4 Å². The molecule has 2 unspecified atom stereocenters. The van der Waals surface area contributed by atoms with Crippen molar-refractivity contribution in [1.82, 2.24) is 0 Å². The number of nitrogens with one attached hydrogen (secondary N) is 2. The summed E-state index contributed by atoms with van der Waals surface area (Å²) in [5.74, 6) is 1.19. The number of rotatable bonds is 6. The van der Waals surface area contributed by atoms with Gasteiger partial charge in [-0.15, -0.1) is 0 Å². The van der Waals surface area contributed by atoms with Crippen LogP contribution in [0.1, 0.15) is 61.8 Å². The fraction of sp³-hybridized carbons (Fsp3) is 0.300. The summed E-state index contributed by atoms with van der Waals surface area (Å²) in [7, 11) is 0. The van der Waals surface area contributed by atoms with Crippen LogP contribution in [0.2, 0.25) is 0 Å². The number of benzene rings is 3. The minimum absolute atomic E-state index is 0.169. The van der Waals surface area contributed by atoms with E-state index in [2.05, 4.69) is 66.9 Å². The van der Waals surface area contributed by atoms with Crippen LogP contribution in [0.25, 0.3) is 0 Å². The Balaban J connectivity index is 1.58. The highest BCUT2D eigenvalue weighted by molar-refractivity contribution is 6.01. The first-order valence-corrected chi connectivity index (χ1v) is 12.4. The molecule has 2 aliphatic rings. The van der Waals surface area contributed by atoms with Crippen LogP contribution in [-0.2, 0) is 11.2 Å². The van der Waals surface area contributed by atoms with Crippen LogP contribution in [0.15, 0.2) is 84.1 Å². The predicted octanol–water partition coefficient (Wildman–Crippen LogP) is 7.02. The normalized spacial score (nSPS) is 19.4. The van der Waals surface area contributed by atoms with E-state index in [0.717, 1.165) is 53.2 Å². The third kappa shape index (κ3) is 4.33. The van der Waals surface area contributed by atoms with E-state index < -0.39 is 0 Å². The number of carbonyl (C=O) groups is 1. The highest BCUT2D eigenvalue weighted by atomic mass is 16.5. The minimum Gasteiger partial charge on any atom is -0.493 e. The number of fused-ring (bicyclic) bond motifs is 1. The zero-order chi connectivity index (χ0) is 23.5. The van der Waals surface area contributed by atoms with Gasteiger partial charge in [0.05, 0.1) is 24.0 Å². The van der Waals surface area contributed by atoms with Crippen LogP contribution >= 0.6 is 0 Å². The SMILES string of the molecule is CCCOc1ccccc1C1Nc2ccccc2NC2=C1C(=O)CC(c1ccc(CC)cc1)C2. The van der Waals surface area contributed by atoms with Gasteiger partial charge in [0, 0.05) is 23.3 Å². The largest absolute Gasteiger partial charge is 0.493 e. The van der Waals surface area contributed by atoms with Gasteiger partial charge in [-0.3, -0.25) is 4.79 Å². The molecule has 0 aromatic heterocycles. The second kappa shape index (κ2) is 9.76. The van der Waals surface area contributed by atoms with Crippen LogP contribution < -0.4 is 15.4 Å². The minimum atomic E-state index is -0.268. The topological polar surface area (TPSA) is 50.4 Å². The van der Waals surface area contributed by atoms with Crippen LogP contribution in [0.4, 0.5) is 11.4 Å². The van der Waals surface area contributed by atoms with Crippen molar-refractivity contribution in [2.24, 2.45) is 0 Å². The first kappa shape index (κ1) is 22.3. The van der Waals surface area contributed by atoms with E-state index >= 15 is 0 Å². The monoisotopic (exact) mass is 452 g/mol. The van der Waals surface area contributed by atoms with Gasteiger partial charge in [0.25, 0.3) is 0 Å². The molecule has 0 amide bonds. The number of hydrogen-bond donors (Lipinski definition) is 2. The van der Waals surface area contributed by atoms with Crippen molar-refractivity contribution in [2.75, 3.05) is 17.2 Å². The highest BCUT2D eigenvalue weighted by Crippen LogP contribution is 2.45. The third-order valence-electron chi connectivity index (χ3n) is 6.86. The quantitative estimate of drug-likeness (QED) is 0.422. The van der Waals surface area contributed by atoms with Gasteiger partial charge in [-0.1, -0.05) is 68.4 Å². The zero-order valence-corrected chi connectivity index (χ0v) is 19.9. The predicted molar refractivity (Wildman–Crippen MR) is 138 cm³/mol. The molecular weight excluding hydrogens is 420 g/mol. The highest BCUT2D eigenvalue weighted by Gasteiger charge is 2.37. The Hall–Kier alpha value is -3.53. The number of hydrogen-bond acceptors (Lipinski definition) is 4. The van der Waals surface area contributed by atoms with Crippen LogP contribution in [-0.4, -0.2) is 12.4 Å². The van der Waals surface area contributed by atoms with Gasteiger partial charge in [-0.2, -0.15) is 0 Å². The Labute approximate surface area is 202 Å². The average molecular weight is 453 g/mol. The lowest BCUT2D eigenvalue weighted by atomic mass is 9.78.